The predicted octanol–water partition coefficient (Wildman–Crippen LogP) is 3.00. The Morgan fingerprint density at radius 1 is 1.21 bits per heavy atom. The van der Waals surface area contributed by atoms with Crippen LogP contribution in [0, 0.1) is 6.92 Å². The zero-order valence-corrected chi connectivity index (χ0v) is 17.1. The number of methoxy groups -OCH3 is 1. The van der Waals surface area contributed by atoms with Crippen molar-refractivity contribution >= 4 is 23.6 Å². The van der Waals surface area contributed by atoms with Crippen LogP contribution in [0.2, 0.25) is 0 Å². The number of aryl methyl sites for hydroxylation is 1. The maximum absolute atomic E-state index is 12.1. The molecule has 152 valence electrons. The van der Waals surface area contributed by atoms with Gasteiger partial charge in [-0.1, -0.05) is 30.0 Å². The zero-order chi connectivity index (χ0) is 20.6. The number of nitrogens with one attached hydrogen (secondary N) is 1. The standard InChI is InChI=1S/C20H22N4O4S/c1-14-16(10-12-28-14)19-22-23-20(24(19)15-7-4-3-5-8-15)29-13-17(25)21-11-6-9-18(26)27-2/h3-5,7-8,10,12H,6,9,11,13H2,1-2H3,(H,21,25). The maximum Gasteiger partial charge on any atom is 0.305 e. The quantitative estimate of drug-likeness (QED) is 0.326. The van der Waals surface area contributed by atoms with E-state index in [1.54, 1.807) is 6.26 Å². The topological polar surface area (TPSA) is 99.2 Å². The number of esters is 1. The molecule has 0 unspecified atom stereocenters. The van der Waals surface area contributed by atoms with Gasteiger partial charge in [0.05, 0.1) is 24.7 Å². The van der Waals surface area contributed by atoms with Crippen LogP contribution in [-0.4, -0.2) is 46.0 Å². The van der Waals surface area contributed by atoms with Gasteiger partial charge in [-0.3, -0.25) is 14.2 Å². The van der Waals surface area contributed by atoms with Crippen molar-refractivity contribution < 1.29 is 18.7 Å². The van der Waals surface area contributed by atoms with Gasteiger partial charge in [0.15, 0.2) is 11.0 Å². The molecule has 2 heterocycles. The van der Waals surface area contributed by atoms with Crippen LogP contribution in [0.4, 0.5) is 0 Å². The number of hydrogen-bond donors (Lipinski definition) is 1. The molecule has 1 N–H and O–H groups in total. The zero-order valence-electron chi connectivity index (χ0n) is 16.3. The Balaban J connectivity index is 1.70. The summed E-state index contributed by atoms with van der Waals surface area (Å²) in [4.78, 5) is 23.2. The van der Waals surface area contributed by atoms with Crippen LogP contribution in [0.25, 0.3) is 17.1 Å². The molecule has 29 heavy (non-hydrogen) atoms. The third-order valence-electron chi connectivity index (χ3n) is 4.19. The molecule has 9 heteroatoms. The molecule has 0 saturated carbocycles. The SMILES string of the molecule is COC(=O)CCCNC(=O)CSc1nnc(-c2ccoc2C)n1-c1ccccc1. The largest absolute Gasteiger partial charge is 0.469 e. The highest BCUT2D eigenvalue weighted by Gasteiger charge is 2.19. The van der Waals surface area contributed by atoms with E-state index >= 15 is 0 Å². The van der Waals surface area contributed by atoms with E-state index < -0.39 is 0 Å². The van der Waals surface area contributed by atoms with Crippen molar-refractivity contribution in [3.8, 4) is 17.1 Å². The summed E-state index contributed by atoms with van der Waals surface area (Å²) >= 11 is 1.30. The lowest BCUT2D eigenvalue weighted by Gasteiger charge is -2.10. The van der Waals surface area contributed by atoms with Crippen molar-refractivity contribution in [2.75, 3.05) is 19.4 Å². The van der Waals surface area contributed by atoms with E-state index in [1.807, 2.05) is 47.9 Å². The molecular weight excluding hydrogens is 392 g/mol. The van der Waals surface area contributed by atoms with Crippen molar-refractivity contribution in [3.05, 3.63) is 48.4 Å². The van der Waals surface area contributed by atoms with Gasteiger partial charge in [-0.05, 0) is 31.5 Å². The molecule has 0 bridgehead atoms. The first-order valence-electron chi connectivity index (χ1n) is 9.11. The molecule has 0 spiro atoms. The molecule has 0 saturated heterocycles. The van der Waals surface area contributed by atoms with Gasteiger partial charge in [0, 0.05) is 18.7 Å². The summed E-state index contributed by atoms with van der Waals surface area (Å²) in [5, 5.41) is 12.0. The van der Waals surface area contributed by atoms with Crippen LogP contribution in [0.5, 0.6) is 0 Å². The molecule has 0 aliphatic heterocycles. The van der Waals surface area contributed by atoms with Crippen molar-refractivity contribution in [1.29, 1.82) is 0 Å². The summed E-state index contributed by atoms with van der Waals surface area (Å²) in [6.45, 7) is 2.28. The molecule has 1 aromatic carbocycles. The highest BCUT2D eigenvalue weighted by molar-refractivity contribution is 7.99. The number of carbonyl (C=O) groups is 2. The molecule has 2 aromatic heterocycles. The molecular formula is C20H22N4O4S. The van der Waals surface area contributed by atoms with Crippen LogP contribution >= 0.6 is 11.8 Å². The second kappa shape index (κ2) is 9.92. The lowest BCUT2D eigenvalue weighted by molar-refractivity contribution is -0.140. The van der Waals surface area contributed by atoms with Gasteiger partial charge in [-0.2, -0.15) is 0 Å². The molecule has 0 atom stereocenters. The number of para-hydroxylation sites is 1. The average Bonchev–Trinajstić information content (AvgIpc) is 3.35. The number of hydrogen-bond acceptors (Lipinski definition) is 7. The van der Waals surface area contributed by atoms with Gasteiger partial charge in [-0.15, -0.1) is 10.2 Å². The van der Waals surface area contributed by atoms with E-state index in [-0.39, 0.29) is 24.1 Å². The summed E-state index contributed by atoms with van der Waals surface area (Å²) < 4.78 is 11.9. The van der Waals surface area contributed by atoms with Gasteiger partial charge >= 0.3 is 5.97 Å². The Bertz CT molecular complexity index is 968. The van der Waals surface area contributed by atoms with Crippen molar-refractivity contribution in [1.82, 2.24) is 20.1 Å². The van der Waals surface area contributed by atoms with Crippen molar-refractivity contribution in [2.24, 2.45) is 0 Å². The predicted molar refractivity (Wildman–Crippen MR) is 109 cm³/mol. The lowest BCUT2D eigenvalue weighted by atomic mass is 10.2. The second-order valence-corrected chi connectivity index (χ2v) is 7.13. The maximum atomic E-state index is 12.1. The fraction of sp³-hybridized carbons (Fsp3) is 0.300. The van der Waals surface area contributed by atoms with E-state index in [4.69, 9.17) is 4.42 Å². The first-order chi connectivity index (χ1) is 14.1. The number of amides is 1. The molecule has 0 fully saturated rings. The second-order valence-electron chi connectivity index (χ2n) is 6.19. The number of furan rings is 1. The van der Waals surface area contributed by atoms with Crippen LogP contribution < -0.4 is 5.32 Å². The number of rotatable bonds is 9. The summed E-state index contributed by atoms with van der Waals surface area (Å²) in [6.07, 6.45) is 2.43. The number of thioether (sulfide) groups is 1. The monoisotopic (exact) mass is 414 g/mol. The smallest absolute Gasteiger partial charge is 0.305 e. The molecule has 0 radical (unpaired) electrons. The molecule has 0 aliphatic carbocycles. The molecule has 1 amide bonds. The Hall–Kier alpha value is -3.07. The Kier molecular flexibility index (Phi) is 7.07. The average molecular weight is 414 g/mol. The van der Waals surface area contributed by atoms with Crippen molar-refractivity contribution in [3.63, 3.8) is 0 Å². The Morgan fingerprint density at radius 3 is 2.69 bits per heavy atom. The Morgan fingerprint density at radius 2 is 2.00 bits per heavy atom. The van der Waals surface area contributed by atoms with Crippen LogP contribution in [0.1, 0.15) is 18.6 Å². The van der Waals surface area contributed by atoms with Gasteiger partial charge in [0.1, 0.15) is 5.76 Å². The number of nitrogens with zero attached hydrogens (tertiary/aromatic N) is 3. The van der Waals surface area contributed by atoms with Gasteiger partial charge in [0.2, 0.25) is 5.91 Å². The number of aromatic nitrogens is 3. The number of benzene rings is 1. The molecule has 0 aliphatic rings. The van der Waals surface area contributed by atoms with Gasteiger partial charge < -0.3 is 14.5 Å². The fourth-order valence-corrected chi connectivity index (χ4v) is 3.49. The highest BCUT2D eigenvalue weighted by Crippen LogP contribution is 2.30. The first kappa shape index (κ1) is 20.7. The number of ether oxygens (including phenoxy) is 1. The Labute approximate surface area is 172 Å². The third kappa shape index (κ3) is 5.26. The van der Waals surface area contributed by atoms with Gasteiger partial charge in [0.25, 0.3) is 0 Å². The molecule has 3 aromatic rings. The van der Waals surface area contributed by atoms with E-state index in [2.05, 4.69) is 20.3 Å². The van der Waals surface area contributed by atoms with E-state index in [1.165, 1.54) is 18.9 Å². The van der Waals surface area contributed by atoms with Crippen LogP contribution in [-0.2, 0) is 14.3 Å². The van der Waals surface area contributed by atoms with Gasteiger partial charge in [-0.25, -0.2) is 0 Å². The minimum Gasteiger partial charge on any atom is -0.469 e. The minimum absolute atomic E-state index is 0.136. The van der Waals surface area contributed by atoms with Crippen molar-refractivity contribution in [2.45, 2.75) is 24.9 Å². The summed E-state index contributed by atoms with van der Waals surface area (Å²) in [7, 11) is 1.35. The van der Waals surface area contributed by atoms with Crippen LogP contribution in [0.3, 0.4) is 0 Å². The third-order valence-corrected chi connectivity index (χ3v) is 5.12. The van der Waals surface area contributed by atoms with Crippen LogP contribution in [0.15, 0.2) is 52.2 Å². The van der Waals surface area contributed by atoms with E-state index in [9.17, 15) is 9.59 Å². The lowest BCUT2D eigenvalue weighted by Crippen LogP contribution is -2.26. The summed E-state index contributed by atoms with van der Waals surface area (Å²) in [5.74, 6) is 1.17. The number of carbonyl (C=O) groups excluding carboxylic acids is 2. The fourth-order valence-electron chi connectivity index (χ4n) is 2.71. The summed E-state index contributed by atoms with van der Waals surface area (Å²) in [5.41, 5.74) is 1.74. The normalized spacial score (nSPS) is 10.7. The highest BCUT2D eigenvalue weighted by atomic mass is 32.2. The summed E-state index contributed by atoms with van der Waals surface area (Å²) in [6, 6.07) is 11.6. The van der Waals surface area contributed by atoms with E-state index in [0.29, 0.717) is 23.9 Å². The molecule has 3 rings (SSSR count). The minimum atomic E-state index is -0.286. The van der Waals surface area contributed by atoms with E-state index in [0.717, 1.165) is 17.0 Å². The first-order valence-corrected chi connectivity index (χ1v) is 10.1. The molecule has 8 nitrogen and oxygen atoms in total.